The van der Waals surface area contributed by atoms with Gasteiger partial charge in [0.25, 0.3) is 0 Å². The van der Waals surface area contributed by atoms with Gasteiger partial charge in [0.1, 0.15) is 11.3 Å². The summed E-state index contributed by atoms with van der Waals surface area (Å²) in [6, 6.07) is 2.55. The van der Waals surface area contributed by atoms with Crippen molar-refractivity contribution < 1.29 is 27.2 Å². The van der Waals surface area contributed by atoms with E-state index >= 15 is 0 Å². The molecule has 0 saturated heterocycles. The van der Waals surface area contributed by atoms with E-state index < -0.39 is 17.8 Å². The third-order valence-electron chi connectivity index (χ3n) is 3.39. The van der Waals surface area contributed by atoms with Crippen molar-refractivity contribution in [3.63, 3.8) is 0 Å². The SMILES string of the molecule is CC.COC(=O)c1c(-c2cccnc2C(F)(F)F)noc1C1CC1. The fraction of sp³-hybridized carbons (Fsp3) is 0.438. The van der Waals surface area contributed by atoms with Crippen LogP contribution in [0.15, 0.2) is 22.9 Å². The van der Waals surface area contributed by atoms with E-state index in [0.29, 0.717) is 0 Å². The first kappa shape index (κ1) is 18.0. The van der Waals surface area contributed by atoms with Crippen molar-refractivity contribution in [1.29, 1.82) is 0 Å². The van der Waals surface area contributed by atoms with Crippen LogP contribution < -0.4 is 0 Å². The van der Waals surface area contributed by atoms with E-state index in [9.17, 15) is 18.0 Å². The molecule has 2 aromatic rings. The van der Waals surface area contributed by atoms with E-state index in [1.54, 1.807) is 0 Å². The Kier molecular flexibility index (Phi) is 5.26. The Hall–Kier alpha value is -2.38. The zero-order valence-corrected chi connectivity index (χ0v) is 13.5. The molecule has 1 aliphatic rings. The van der Waals surface area contributed by atoms with Crippen LogP contribution in [-0.2, 0) is 10.9 Å². The normalized spacial score (nSPS) is 13.9. The molecule has 2 heterocycles. The van der Waals surface area contributed by atoms with Crippen LogP contribution in [0.2, 0.25) is 0 Å². The molecule has 0 amide bonds. The number of ether oxygens (including phenoxy) is 1. The van der Waals surface area contributed by atoms with Gasteiger partial charge in [-0.05, 0) is 25.0 Å². The summed E-state index contributed by atoms with van der Waals surface area (Å²) in [5.74, 6) is -0.490. The molecule has 130 valence electrons. The molecule has 0 aromatic carbocycles. The number of aromatic nitrogens is 2. The number of pyridine rings is 1. The van der Waals surface area contributed by atoms with Crippen molar-refractivity contribution >= 4 is 5.97 Å². The smallest absolute Gasteiger partial charge is 0.434 e. The van der Waals surface area contributed by atoms with Crippen LogP contribution in [0.4, 0.5) is 13.2 Å². The predicted octanol–water partition coefficient (Wildman–Crippen LogP) is 4.45. The van der Waals surface area contributed by atoms with Gasteiger partial charge in [0.15, 0.2) is 11.5 Å². The quantitative estimate of drug-likeness (QED) is 0.771. The lowest BCUT2D eigenvalue weighted by molar-refractivity contribution is -0.140. The first-order valence-electron chi connectivity index (χ1n) is 7.54. The second-order valence-electron chi connectivity index (χ2n) is 4.93. The molecule has 1 saturated carbocycles. The Morgan fingerprint density at radius 2 is 2.00 bits per heavy atom. The summed E-state index contributed by atoms with van der Waals surface area (Å²) in [5.41, 5.74) is -1.65. The third kappa shape index (κ3) is 3.42. The van der Waals surface area contributed by atoms with E-state index in [-0.39, 0.29) is 28.5 Å². The maximum absolute atomic E-state index is 13.1. The van der Waals surface area contributed by atoms with Gasteiger partial charge >= 0.3 is 12.1 Å². The van der Waals surface area contributed by atoms with Gasteiger partial charge in [0.05, 0.1) is 7.11 Å². The maximum Gasteiger partial charge on any atom is 0.434 e. The number of esters is 1. The third-order valence-corrected chi connectivity index (χ3v) is 3.39. The lowest BCUT2D eigenvalue weighted by Gasteiger charge is -2.10. The summed E-state index contributed by atoms with van der Waals surface area (Å²) in [6.45, 7) is 4.00. The van der Waals surface area contributed by atoms with E-state index in [1.807, 2.05) is 13.8 Å². The number of hydrogen-bond acceptors (Lipinski definition) is 5. The van der Waals surface area contributed by atoms with Gasteiger partial charge in [-0.25, -0.2) is 4.79 Å². The first-order chi connectivity index (χ1) is 11.4. The summed E-state index contributed by atoms with van der Waals surface area (Å²) < 4.78 is 49.0. The zero-order chi connectivity index (χ0) is 17.9. The van der Waals surface area contributed by atoms with Gasteiger partial charge < -0.3 is 9.26 Å². The second kappa shape index (κ2) is 7.02. The molecule has 0 aliphatic heterocycles. The van der Waals surface area contributed by atoms with Crippen molar-refractivity contribution in [3.05, 3.63) is 35.3 Å². The Balaban J connectivity index is 0.00000100. The molecule has 0 spiro atoms. The molecular formula is C16H17F3N2O3. The number of carbonyl (C=O) groups excluding carboxylic acids is 1. The minimum absolute atomic E-state index is 0.00126. The number of carbonyl (C=O) groups is 1. The number of nitrogens with zero attached hydrogens (tertiary/aromatic N) is 2. The molecule has 1 fully saturated rings. The highest BCUT2D eigenvalue weighted by atomic mass is 19.4. The summed E-state index contributed by atoms with van der Waals surface area (Å²) in [5, 5.41) is 3.68. The zero-order valence-electron chi connectivity index (χ0n) is 13.5. The monoisotopic (exact) mass is 342 g/mol. The molecular weight excluding hydrogens is 325 g/mol. The van der Waals surface area contributed by atoms with Crippen LogP contribution in [0.1, 0.15) is 54.4 Å². The molecule has 5 nitrogen and oxygen atoms in total. The molecule has 0 atom stereocenters. The van der Waals surface area contributed by atoms with Crippen molar-refractivity contribution in [2.75, 3.05) is 7.11 Å². The minimum atomic E-state index is -4.66. The van der Waals surface area contributed by atoms with Crippen molar-refractivity contribution in [1.82, 2.24) is 10.1 Å². The molecule has 0 unspecified atom stereocenters. The molecule has 2 aromatic heterocycles. The van der Waals surface area contributed by atoms with Crippen LogP contribution in [0.25, 0.3) is 11.3 Å². The first-order valence-corrected chi connectivity index (χ1v) is 7.54. The van der Waals surface area contributed by atoms with Crippen LogP contribution in [-0.4, -0.2) is 23.2 Å². The van der Waals surface area contributed by atoms with Gasteiger partial charge in [-0.15, -0.1) is 0 Å². The van der Waals surface area contributed by atoms with Gasteiger partial charge in [-0.1, -0.05) is 19.0 Å². The second-order valence-corrected chi connectivity index (χ2v) is 4.93. The fourth-order valence-electron chi connectivity index (χ4n) is 2.23. The summed E-state index contributed by atoms with van der Waals surface area (Å²) in [4.78, 5) is 15.3. The van der Waals surface area contributed by atoms with Gasteiger partial charge in [0, 0.05) is 17.7 Å². The molecule has 0 bridgehead atoms. The average Bonchev–Trinajstić information content (AvgIpc) is 3.33. The summed E-state index contributed by atoms with van der Waals surface area (Å²) in [7, 11) is 1.16. The number of hydrogen-bond donors (Lipinski definition) is 0. The molecule has 1 aliphatic carbocycles. The van der Waals surface area contributed by atoms with Gasteiger partial charge in [0.2, 0.25) is 0 Å². The van der Waals surface area contributed by atoms with Crippen LogP contribution in [0.5, 0.6) is 0 Å². The van der Waals surface area contributed by atoms with Crippen LogP contribution in [0.3, 0.4) is 0 Å². The van der Waals surface area contributed by atoms with Crippen molar-refractivity contribution in [2.45, 2.75) is 38.8 Å². The van der Waals surface area contributed by atoms with Crippen molar-refractivity contribution in [3.8, 4) is 11.3 Å². The van der Waals surface area contributed by atoms with E-state index in [4.69, 9.17) is 4.52 Å². The molecule has 3 rings (SSSR count). The highest BCUT2D eigenvalue weighted by Gasteiger charge is 2.40. The highest BCUT2D eigenvalue weighted by Crippen LogP contribution is 2.45. The average molecular weight is 342 g/mol. The van der Waals surface area contributed by atoms with E-state index in [0.717, 1.165) is 26.1 Å². The highest BCUT2D eigenvalue weighted by molar-refractivity contribution is 5.97. The lowest BCUT2D eigenvalue weighted by Crippen LogP contribution is -2.11. The van der Waals surface area contributed by atoms with E-state index in [1.165, 1.54) is 12.1 Å². The Morgan fingerprint density at radius 3 is 2.54 bits per heavy atom. The summed E-state index contributed by atoms with van der Waals surface area (Å²) >= 11 is 0. The largest absolute Gasteiger partial charge is 0.465 e. The van der Waals surface area contributed by atoms with Crippen LogP contribution in [0, 0.1) is 0 Å². The lowest BCUT2D eigenvalue weighted by atomic mass is 10.0. The number of rotatable bonds is 3. The number of halogens is 3. The Labute approximate surface area is 136 Å². The fourth-order valence-corrected chi connectivity index (χ4v) is 2.23. The standard InChI is InChI=1S/C14H11F3N2O3.C2H6/c1-21-13(20)9-10(19-22-11(9)7-4-5-7)8-3-2-6-18-12(8)14(15,16)17;1-2/h2-3,6-7H,4-5H2,1H3;1-2H3. The maximum atomic E-state index is 13.1. The minimum Gasteiger partial charge on any atom is -0.465 e. The van der Waals surface area contributed by atoms with Gasteiger partial charge in [-0.2, -0.15) is 13.2 Å². The predicted molar refractivity (Wildman–Crippen MR) is 79.4 cm³/mol. The molecule has 0 N–H and O–H groups in total. The van der Waals surface area contributed by atoms with Crippen molar-refractivity contribution in [2.24, 2.45) is 0 Å². The number of methoxy groups -OCH3 is 1. The van der Waals surface area contributed by atoms with E-state index in [2.05, 4.69) is 14.9 Å². The van der Waals surface area contributed by atoms with Crippen LogP contribution >= 0.6 is 0 Å². The number of alkyl halides is 3. The molecule has 8 heteroatoms. The molecule has 24 heavy (non-hydrogen) atoms. The Morgan fingerprint density at radius 1 is 1.33 bits per heavy atom. The van der Waals surface area contributed by atoms with Gasteiger partial charge in [-0.3, -0.25) is 4.98 Å². The molecule has 0 radical (unpaired) electrons. The topological polar surface area (TPSA) is 65.2 Å². The Bertz CT molecular complexity index is 722. The summed E-state index contributed by atoms with van der Waals surface area (Å²) in [6.07, 6.45) is -2.02.